The van der Waals surface area contributed by atoms with E-state index < -0.39 is 17.8 Å². The Balaban J connectivity index is 2.08. The van der Waals surface area contributed by atoms with Gasteiger partial charge in [0.2, 0.25) is 0 Å². The normalized spacial score (nSPS) is 18.4. The van der Waals surface area contributed by atoms with Gasteiger partial charge >= 0.3 is 5.97 Å². The van der Waals surface area contributed by atoms with E-state index in [1.807, 2.05) is 30.3 Å². The Hall–Kier alpha value is -3.28. The summed E-state index contributed by atoms with van der Waals surface area (Å²) < 4.78 is 21.4. The molecule has 0 heterocycles. The predicted octanol–water partition coefficient (Wildman–Crippen LogP) is 4.03. The van der Waals surface area contributed by atoms with E-state index >= 15 is 0 Å². The fourth-order valence-electron chi connectivity index (χ4n) is 3.81. The Kier molecular flexibility index (Phi) is 6.77. The molecule has 0 saturated heterocycles. The number of benzene rings is 2. The highest BCUT2D eigenvalue weighted by Crippen LogP contribution is 2.44. The molecule has 0 saturated carbocycles. The maximum Gasteiger partial charge on any atom is 0.317 e. The Morgan fingerprint density at radius 3 is 2.23 bits per heavy atom. The van der Waals surface area contributed by atoms with Crippen LogP contribution in [-0.2, 0) is 14.3 Å². The molecule has 1 aliphatic rings. The zero-order valence-corrected chi connectivity index (χ0v) is 17.6. The van der Waals surface area contributed by atoms with E-state index in [0.29, 0.717) is 17.9 Å². The monoisotopic (exact) mass is 410 g/mol. The summed E-state index contributed by atoms with van der Waals surface area (Å²) in [6, 6.07) is 12.9. The summed E-state index contributed by atoms with van der Waals surface area (Å²) in [5, 5.41) is 0. The van der Waals surface area contributed by atoms with Gasteiger partial charge in [0.05, 0.1) is 27.9 Å². The summed E-state index contributed by atoms with van der Waals surface area (Å²) in [4.78, 5) is 25.8. The molecule has 6 heteroatoms. The van der Waals surface area contributed by atoms with E-state index in [2.05, 4.69) is 0 Å². The summed E-state index contributed by atoms with van der Waals surface area (Å²) in [5.41, 5.74) is 2.48. The van der Waals surface area contributed by atoms with E-state index in [9.17, 15) is 9.59 Å². The number of methoxy groups -OCH3 is 3. The van der Waals surface area contributed by atoms with E-state index in [0.717, 1.165) is 22.4 Å². The Morgan fingerprint density at radius 1 is 0.967 bits per heavy atom. The van der Waals surface area contributed by atoms with E-state index in [4.69, 9.17) is 18.9 Å². The lowest BCUT2D eigenvalue weighted by Gasteiger charge is -2.30. The molecular weight excluding hydrogens is 384 g/mol. The third-order valence-corrected chi connectivity index (χ3v) is 5.30. The minimum atomic E-state index is -0.937. The second-order valence-electron chi connectivity index (χ2n) is 6.95. The lowest BCUT2D eigenvalue weighted by Crippen LogP contribution is -2.34. The fourth-order valence-corrected chi connectivity index (χ4v) is 3.81. The van der Waals surface area contributed by atoms with Crippen molar-refractivity contribution in [3.63, 3.8) is 0 Å². The maximum atomic E-state index is 13.1. The molecule has 0 bridgehead atoms. The van der Waals surface area contributed by atoms with Crippen LogP contribution in [0.15, 0.2) is 48.5 Å². The third kappa shape index (κ3) is 4.32. The zero-order chi connectivity index (χ0) is 21.7. The Bertz CT molecular complexity index is 945. The molecule has 0 N–H and O–H groups in total. The minimum absolute atomic E-state index is 0.208. The lowest BCUT2D eigenvalue weighted by atomic mass is 9.73. The van der Waals surface area contributed by atoms with Crippen molar-refractivity contribution in [2.75, 3.05) is 27.9 Å². The van der Waals surface area contributed by atoms with Crippen LogP contribution in [0, 0.1) is 5.92 Å². The summed E-state index contributed by atoms with van der Waals surface area (Å²) in [6.45, 7) is 1.94. The van der Waals surface area contributed by atoms with E-state index in [-0.39, 0.29) is 12.4 Å². The molecule has 0 spiro atoms. The molecular formula is C24H26O6. The van der Waals surface area contributed by atoms with Crippen molar-refractivity contribution < 1.29 is 28.5 Å². The van der Waals surface area contributed by atoms with Gasteiger partial charge in [0.25, 0.3) is 0 Å². The van der Waals surface area contributed by atoms with Gasteiger partial charge in [-0.25, -0.2) is 0 Å². The van der Waals surface area contributed by atoms with Gasteiger partial charge in [-0.15, -0.1) is 0 Å². The molecule has 2 aromatic carbocycles. The molecule has 158 valence electrons. The van der Waals surface area contributed by atoms with E-state index in [1.165, 1.54) is 0 Å². The van der Waals surface area contributed by atoms with Gasteiger partial charge in [0, 0.05) is 11.5 Å². The van der Waals surface area contributed by atoms with Crippen molar-refractivity contribution >= 4 is 17.3 Å². The van der Waals surface area contributed by atoms with Crippen LogP contribution in [0.1, 0.15) is 30.4 Å². The standard InChI is InChI=1S/C24H26O6/c1-5-30-24(26)23-20(19-14-18(28-3)10-11-22(19)29-4)12-16(13-21(23)25)15-6-8-17(27-2)9-7-15/h6-11,13-14,20,23H,5,12H2,1-4H3. The highest BCUT2D eigenvalue weighted by atomic mass is 16.5. The van der Waals surface area contributed by atoms with Crippen molar-refractivity contribution in [1.29, 1.82) is 0 Å². The highest BCUT2D eigenvalue weighted by molar-refractivity contribution is 6.10. The van der Waals surface area contributed by atoms with Gasteiger partial charge < -0.3 is 18.9 Å². The van der Waals surface area contributed by atoms with Crippen LogP contribution in [-0.4, -0.2) is 39.7 Å². The van der Waals surface area contributed by atoms with Crippen LogP contribution < -0.4 is 14.2 Å². The molecule has 2 unspecified atom stereocenters. The van der Waals surface area contributed by atoms with Crippen molar-refractivity contribution in [1.82, 2.24) is 0 Å². The first-order valence-electron chi connectivity index (χ1n) is 9.79. The van der Waals surface area contributed by atoms with Gasteiger partial charge in [0.15, 0.2) is 5.78 Å². The number of esters is 1. The number of ether oxygens (including phenoxy) is 4. The number of hydrogen-bond donors (Lipinski definition) is 0. The zero-order valence-electron chi connectivity index (χ0n) is 17.6. The minimum Gasteiger partial charge on any atom is -0.497 e. The van der Waals surface area contributed by atoms with Crippen molar-refractivity contribution in [2.45, 2.75) is 19.3 Å². The van der Waals surface area contributed by atoms with E-state index in [1.54, 1.807) is 46.5 Å². The Morgan fingerprint density at radius 2 is 1.63 bits per heavy atom. The molecule has 6 nitrogen and oxygen atoms in total. The van der Waals surface area contributed by atoms with Crippen LogP contribution in [0.25, 0.3) is 5.57 Å². The molecule has 0 radical (unpaired) electrons. The fraction of sp³-hybridized carbons (Fsp3) is 0.333. The molecule has 0 aliphatic heterocycles. The van der Waals surface area contributed by atoms with Gasteiger partial charge in [-0.2, -0.15) is 0 Å². The van der Waals surface area contributed by atoms with Crippen LogP contribution >= 0.6 is 0 Å². The van der Waals surface area contributed by atoms with Crippen LogP contribution in [0.3, 0.4) is 0 Å². The number of rotatable bonds is 7. The van der Waals surface area contributed by atoms with Crippen molar-refractivity contribution in [3.8, 4) is 17.2 Å². The molecule has 30 heavy (non-hydrogen) atoms. The second kappa shape index (κ2) is 9.48. The quantitative estimate of drug-likeness (QED) is 0.507. The Labute approximate surface area is 176 Å². The van der Waals surface area contributed by atoms with Crippen LogP contribution in [0.4, 0.5) is 0 Å². The first kappa shape index (κ1) is 21.4. The van der Waals surface area contributed by atoms with Crippen molar-refractivity contribution in [2.24, 2.45) is 5.92 Å². The first-order valence-corrected chi connectivity index (χ1v) is 9.79. The molecule has 2 atom stereocenters. The molecule has 0 amide bonds. The number of hydrogen-bond acceptors (Lipinski definition) is 6. The maximum absolute atomic E-state index is 13.1. The summed E-state index contributed by atoms with van der Waals surface area (Å²) in [7, 11) is 4.74. The third-order valence-electron chi connectivity index (χ3n) is 5.30. The summed E-state index contributed by atoms with van der Waals surface area (Å²) >= 11 is 0. The molecule has 0 fully saturated rings. The average Bonchev–Trinajstić information content (AvgIpc) is 2.78. The average molecular weight is 410 g/mol. The number of ketones is 1. The summed E-state index contributed by atoms with van der Waals surface area (Å²) in [6.07, 6.45) is 2.03. The van der Waals surface area contributed by atoms with Gasteiger partial charge in [0.1, 0.15) is 23.2 Å². The predicted molar refractivity (Wildman–Crippen MR) is 113 cm³/mol. The molecule has 1 aliphatic carbocycles. The first-order chi connectivity index (χ1) is 14.5. The van der Waals surface area contributed by atoms with Crippen molar-refractivity contribution in [3.05, 3.63) is 59.7 Å². The smallest absolute Gasteiger partial charge is 0.317 e. The van der Waals surface area contributed by atoms with Gasteiger partial charge in [-0.1, -0.05) is 12.1 Å². The van der Waals surface area contributed by atoms with Crippen LogP contribution in [0.5, 0.6) is 17.2 Å². The van der Waals surface area contributed by atoms with Gasteiger partial charge in [-0.3, -0.25) is 9.59 Å². The topological polar surface area (TPSA) is 71.1 Å². The summed E-state index contributed by atoms with van der Waals surface area (Å²) in [5.74, 6) is -0.225. The second-order valence-corrected chi connectivity index (χ2v) is 6.95. The highest BCUT2D eigenvalue weighted by Gasteiger charge is 2.41. The van der Waals surface area contributed by atoms with Crippen LogP contribution in [0.2, 0.25) is 0 Å². The molecule has 0 aromatic heterocycles. The number of carbonyl (C=O) groups is 2. The largest absolute Gasteiger partial charge is 0.497 e. The molecule has 3 rings (SSSR count). The number of allylic oxidation sites excluding steroid dienone is 2. The van der Waals surface area contributed by atoms with Gasteiger partial charge in [-0.05, 0) is 60.9 Å². The SMILES string of the molecule is CCOC(=O)C1C(=O)C=C(c2ccc(OC)cc2)CC1c1cc(OC)ccc1OC. The lowest BCUT2D eigenvalue weighted by molar-refractivity contribution is -0.151. The molecule has 2 aromatic rings. The number of carbonyl (C=O) groups excluding carboxylic acids is 2.